The van der Waals surface area contributed by atoms with Crippen LogP contribution in [0.4, 0.5) is 4.79 Å². The fraction of sp³-hybridized carbons (Fsp3) is 0.650. The molecule has 3 N–H and O–H groups in total. The highest BCUT2D eigenvalue weighted by Crippen LogP contribution is 2.23. The molecular weight excluding hydrogens is 316 g/mol. The van der Waals surface area contributed by atoms with E-state index in [9.17, 15) is 9.90 Å². The third-order valence-corrected chi connectivity index (χ3v) is 5.06. The molecule has 0 saturated heterocycles. The van der Waals surface area contributed by atoms with Gasteiger partial charge in [0.1, 0.15) is 5.75 Å². The minimum absolute atomic E-state index is 0.0354. The summed E-state index contributed by atoms with van der Waals surface area (Å²) in [6.07, 6.45) is 4.31. The molecule has 5 heteroatoms. The summed E-state index contributed by atoms with van der Waals surface area (Å²) in [5.41, 5.74) is 1.10. The second kappa shape index (κ2) is 9.66. The predicted molar refractivity (Wildman–Crippen MR) is 99.8 cm³/mol. The van der Waals surface area contributed by atoms with Gasteiger partial charge in [-0.1, -0.05) is 38.5 Å². The van der Waals surface area contributed by atoms with Crippen molar-refractivity contribution in [1.82, 2.24) is 10.6 Å². The summed E-state index contributed by atoms with van der Waals surface area (Å²) in [5, 5.41) is 15.8. The van der Waals surface area contributed by atoms with E-state index in [0.717, 1.165) is 43.4 Å². The van der Waals surface area contributed by atoms with E-state index in [1.807, 2.05) is 24.3 Å². The first-order valence-corrected chi connectivity index (χ1v) is 9.34. The molecule has 2 amide bonds. The number of aliphatic hydroxyl groups is 1. The van der Waals surface area contributed by atoms with Gasteiger partial charge in [-0.05, 0) is 49.1 Å². The van der Waals surface area contributed by atoms with Gasteiger partial charge in [0.05, 0.1) is 13.2 Å². The normalized spacial score (nSPS) is 21.6. The van der Waals surface area contributed by atoms with Crippen molar-refractivity contribution in [2.45, 2.75) is 58.1 Å². The molecule has 0 heterocycles. The van der Waals surface area contributed by atoms with Crippen LogP contribution in [0.25, 0.3) is 0 Å². The van der Waals surface area contributed by atoms with E-state index in [0.29, 0.717) is 18.4 Å². The van der Waals surface area contributed by atoms with Crippen LogP contribution in [0.5, 0.6) is 5.75 Å². The van der Waals surface area contributed by atoms with E-state index in [4.69, 9.17) is 4.74 Å². The Kier molecular flexibility index (Phi) is 7.56. The van der Waals surface area contributed by atoms with Gasteiger partial charge in [-0.2, -0.15) is 0 Å². The summed E-state index contributed by atoms with van der Waals surface area (Å²) >= 11 is 0. The first-order chi connectivity index (χ1) is 12.0. The number of benzene rings is 1. The van der Waals surface area contributed by atoms with Crippen LogP contribution in [0.3, 0.4) is 0 Å². The first-order valence-electron chi connectivity index (χ1n) is 9.34. The second-order valence-corrected chi connectivity index (χ2v) is 7.41. The highest BCUT2D eigenvalue weighted by Gasteiger charge is 2.22. The van der Waals surface area contributed by atoms with Gasteiger partial charge in [-0.25, -0.2) is 4.79 Å². The average Bonchev–Trinajstić information content (AvgIpc) is 2.60. The standard InChI is InChI=1S/C20H32N2O3/c1-14(2)18(12-16-8-4-5-10-19(16)25-3)22-20(24)21-13-15-7-6-9-17(23)11-15/h4-5,8,10,14-15,17-18,23H,6-7,9,11-13H2,1-3H3,(H2,21,22,24). The molecule has 0 aromatic heterocycles. The van der Waals surface area contributed by atoms with Crippen molar-refractivity contribution < 1.29 is 14.6 Å². The second-order valence-electron chi connectivity index (χ2n) is 7.41. The Morgan fingerprint density at radius 2 is 2.08 bits per heavy atom. The molecular formula is C20H32N2O3. The van der Waals surface area contributed by atoms with Gasteiger partial charge in [0.25, 0.3) is 0 Å². The average molecular weight is 348 g/mol. The highest BCUT2D eigenvalue weighted by molar-refractivity contribution is 5.74. The van der Waals surface area contributed by atoms with Crippen LogP contribution >= 0.6 is 0 Å². The Hall–Kier alpha value is -1.75. The monoisotopic (exact) mass is 348 g/mol. The van der Waals surface area contributed by atoms with Crippen molar-refractivity contribution in [3.8, 4) is 5.75 Å². The van der Waals surface area contributed by atoms with Crippen molar-refractivity contribution in [1.29, 1.82) is 0 Å². The number of carbonyl (C=O) groups is 1. The van der Waals surface area contributed by atoms with E-state index in [2.05, 4.69) is 24.5 Å². The fourth-order valence-electron chi connectivity index (χ4n) is 3.47. The fourth-order valence-corrected chi connectivity index (χ4v) is 3.47. The number of hydrogen-bond donors (Lipinski definition) is 3. The maximum Gasteiger partial charge on any atom is 0.315 e. The summed E-state index contributed by atoms with van der Waals surface area (Å²) in [6.45, 7) is 4.85. The van der Waals surface area contributed by atoms with Gasteiger partial charge in [-0.3, -0.25) is 0 Å². The number of aliphatic hydroxyl groups excluding tert-OH is 1. The molecule has 1 aliphatic rings. The van der Waals surface area contributed by atoms with Crippen LogP contribution in [0.15, 0.2) is 24.3 Å². The summed E-state index contributed by atoms with van der Waals surface area (Å²) in [6, 6.07) is 7.83. The number of ether oxygens (including phenoxy) is 1. The summed E-state index contributed by atoms with van der Waals surface area (Å²) < 4.78 is 5.42. The number of para-hydroxylation sites is 1. The topological polar surface area (TPSA) is 70.6 Å². The quantitative estimate of drug-likeness (QED) is 0.709. The van der Waals surface area contributed by atoms with Crippen molar-refractivity contribution in [2.75, 3.05) is 13.7 Å². The number of carbonyl (C=O) groups excluding carboxylic acids is 1. The molecule has 2 rings (SSSR count). The Labute approximate surface area is 151 Å². The van der Waals surface area contributed by atoms with E-state index >= 15 is 0 Å². The summed E-state index contributed by atoms with van der Waals surface area (Å²) in [4.78, 5) is 12.3. The van der Waals surface area contributed by atoms with Gasteiger partial charge < -0.3 is 20.5 Å². The molecule has 0 spiro atoms. The lowest BCUT2D eigenvalue weighted by Crippen LogP contribution is -2.47. The zero-order valence-corrected chi connectivity index (χ0v) is 15.6. The van der Waals surface area contributed by atoms with Crippen LogP contribution in [0.1, 0.15) is 45.1 Å². The van der Waals surface area contributed by atoms with Crippen molar-refractivity contribution in [3.05, 3.63) is 29.8 Å². The molecule has 1 aromatic carbocycles. The number of amides is 2. The zero-order chi connectivity index (χ0) is 18.2. The molecule has 140 valence electrons. The van der Waals surface area contributed by atoms with Crippen LogP contribution in [-0.2, 0) is 6.42 Å². The lowest BCUT2D eigenvalue weighted by Gasteiger charge is -2.27. The van der Waals surface area contributed by atoms with Gasteiger partial charge in [0.15, 0.2) is 0 Å². The number of methoxy groups -OCH3 is 1. The lowest BCUT2D eigenvalue weighted by molar-refractivity contribution is 0.101. The van der Waals surface area contributed by atoms with Gasteiger partial charge >= 0.3 is 6.03 Å². The molecule has 0 aliphatic heterocycles. The molecule has 5 nitrogen and oxygen atoms in total. The molecule has 3 atom stereocenters. The van der Waals surface area contributed by atoms with Crippen molar-refractivity contribution in [3.63, 3.8) is 0 Å². The van der Waals surface area contributed by atoms with Crippen LogP contribution in [0, 0.1) is 11.8 Å². The van der Waals surface area contributed by atoms with E-state index in [1.165, 1.54) is 0 Å². The van der Waals surface area contributed by atoms with E-state index < -0.39 is 0 Å². The van der Waals surface area contributed by atoms with Crippen LogP contribution in [0.2, 0.25) is 0 Å². The molecule has 1 aliphatic carbocycles. The Morgan fingerprint density at radius 3 is 2.76 bits per heavy atom. The molecule has 1 fully saturated rings. The van der Waals surface area contributed by atoms with Gasteiger partial charge in [-0.15, -0.1) is 0 Å². The van der Waals surface area contributed by atoms with Crippen molar-refractivity contribution >= 4 is 6.03 Å². The number of urea groups is 1. The molecule has 25 heavy (non-hydrogen) atoms. The number of hydrogen-bond acceptors (Lipinski definition) is 3. The van der Waals surface area contributed by atoms with E-state index in [-0.39, 0.29) is 18.2 Å². The summed E-state index contributed by atoms with van der Waals surface area (Å²) in [5.74, 6) is 1.54. The number of rotatable bonds is 7. The molecule has 0 radical (unpaired) electrons. The first kappa shape index (κ1) is 19.6. The SMILES string of the molecule is COc1ccccc1CC(NC(=O)NCC1CCCC(O)C1)C(C)C. The molecule has 1 aromatic rings. The highest BCUT2D eigenvalue weighted by atomic mass is 16.5. The predicted octanol–water partition coefficient (Wildman–Crippen LogP) is 3.11. The van der Waals surface area contributed by atoms with Crippen LogP contribution < -0.4 is 15.4 Å². The lowest BCUT2D eigenvalue weighted by atomic mass is 9.87. The van der Waals surface area contributed by atoms with Crippen molar-refractivity contribution in [2.24, 2.45) is 11.8 Å². The molecule has 3 unspecified atom stereocenters. The van der Waals surface area contributed by atoms with Crippen LogP contribution in [-0.4, -0.2) is 36.9 Å². The Morgan fingerprint density at radius 1 is 1.32 bits per heavy atom. The minimum atomic E-state index is -0.211. The molecule has 1 saturated carbocycles. The largest absolute Gasteiger partial charge is 0.496 e. The maximum atomic E-state index is 12.3. The minimum Gasteiger partial charge on any atom is -0.496 e. The Balaban J connectivity index is 1.86. The third-order valence-electron chi connectivity index (χ3n) is 5.06. The number of nitrogens with one attached hydrogen (secondary N) is 2. The van der Waals surface area contributed by atoms with E-state index in [1.54, 1.807) is 7.11 Å². The third kappa shape index (κ3) is 6.24. The summed E-state index contributed by atoms with van der Waals surface area (Å²) in [7, 11) is 1.67. The van der Waals surface area contributed by atoms with Gasteiger partial charge in [0.2, 0.25) is 0 Å². The smallest absolute Gasteiger partial charge is 0.315 e. The zero-order valence-electron chi connectivity index (χ0n) is 15.6. The van der Waals surface area contributed by atoms with Gasteiger partial charge in [0, 0.05) is 12.6 Å². The maximum absolute atomic E-state index is 12.3. The Bertz CT molecular complexity index is 547. The molecule has 0 bridgehead atoms.